The van der Waals surface area contributed by atoms with E-state index in [1.165, 1.54) is 17.1 Å². The number of aromatic nitrogens is 2. The number of ether oxygens (including phenoxy) is 1. The van der Waals surface area contributed by atoms with E-state index in [-0.39, 0.29) is 11.6 Å². The molecule has 0 spiro atoms. The topological polar surface area (TPSA) is 123 Å². The van der Waals surface area contributed by atoms with E-state index < -0.39 is 11.0 Å². The maximum absolute atomic E-state index is 14.0. The summed E-state index contributed by atoms with van der Waals surface area (Å²) in [6.45, 7) is 0. The number of benzene rings is 5. The van der Waals surface area contributed by atoms with E-state index in [1.807, 2.05) is 66.7 Å². The lowest BCUT2D eigenvalue weighted by molar-refractivity contribution is -0.384. The zero-order valence-electron chi connectivity index (χ0n) is 25.6. The molecule has 1 N–H and O–H groups in total. The number of amides is 1. The fraction of sp³-hybridized carbons (Fsp3) is 0.0811. The Bertz CT molecular complexity index is 2190. The number of non-ortho nitro benzene ring substituents is 1. The van der Waals surface area contributed by atoms with Crippen LogP contribution < -0.4 is 10.1 Å². The molecule has 0 aliphatic carbocycles. The van der Waals surface area contributed by atoms with Gasteiger partial charge in [-0.05, 0) is 77.9 Å². The number of carbonyl (C=O) groups is 1. The zero-order chi connectivity index (χ0) is 33.2. The summed E-state index contributed by atoms with van der Waals surface area (Å²) in [6, 6.07) is 35.4. The first kappa shape index (κ1) is 30.5. The minimum Gasteiger partial charge on any atom is -0.497 e. The molecule has 1 aliphatic heterocycles. The van der Waals surface area contributed by atoms with Gasteiger partial charge in [-0.3, -0.25) is 14.9 Å². The number of carbonyl (C=O) groups excluding carboxylic acids is 1. The van der Waals surface area contributed by atoms with Crippen molar-refractivity contribution in [3.8, 4) is 17.0 Å². The van der Waals surface area contributed by atoms with Crippen LogP contribution in [0, 0.1) is 10.1 Å². The summed E-state index contributed by atoms with van der Waals surface area (Å²) in [5.74, 6) is 0.748. The summed E-state index contributed by atoms with van der Waals surface area (Å²) < 4.78 is 5.29. The summed E-state index contributed by atoms with van der Waals surface area (Å²) in [7, 11) is 1.59. The minimum atomic E-state index is -0.539. The van der Waals surface area contributed by atoms with Crippen LogP contribution in [0.5, 0.6) is 5.75 Å². The normalized spacial score (nSPS) is 14.1. The van der Waals surface area contributed by atoms with Gasteiger partial charge < -0.3 is 10.1 Å². The lowest BCUT2D eigenvalue weighted by Crippen LogP contribution is -2.27. The Labute approximate surface area is 280 Å². The lowest BCUT2D eigenvalue weighted by Gasteiger charge is -2.22. The molecular weight excluding hydrogens is 628 g/mol. The lowest BCUT2D eigenvalue weighted by atomic mass is 9.97. The van der Waals surface area contributed by atoms with Crippen LogP contribution >= 0.6 is 11.6 Å². The van der Waals surface area contributed by atoms with Gasteiger partial charge in [-0.1, -0.05) is 54.1 Å². The molecule has 236 valence electrons. The highest BCUT2D eigenvalue weighted by Gasteiger charge is 2.34. The molecule has 7 rings (SSSR count). The van der Waals surface area contributed by atoms with E-state index >= 15 is 0 Å². The predicted octanol–water partition coefficient (Wildman–Crippen LogP) is 8.60. The molecule has 0 fully saturated rings. The van der Waals surface area contributed by atoms with E-state index in [9.17, 15) is 14.9 Å². The van der Waals surface area contributed by atoms with E-state index in [0.29, 0.717) is 45.7 Å². The summed E-state index contributed by atoms with van der Waals surface area (Å²) in [5.41, 5.74) is 5.55. The third-order valence-electron chi connectivity index (χ3n) is 8.10. The highest BCUT2D eigenvalue weighted by molar-refractivity contribution is 6.31. The van der Waals surface area contributed by atoms with Crippen molar-refractivity contribution in [2.45, 2.75) is 12.5 Å². The van der Waals surface area contributed by atoms with Gasteiger partial charge in [0.2, 0.25) is 5.95 Å². The second kappa shape index (κ2) is 12.9. The number of hydrogen-bond acceptors (Lipinski definition) is 8. The van der Waals surface area contributed by atoms with Crippen LogP contribution in [-0.2, 0) is 0 Å². The Morgan fingerprint density at radius 1 is 0.896 bits per heavy atom. The molecule has 0 saturated heterocycles. The first-order valence-electron chi connectivity index (χ1n) is 15.1. The maximum atomic E-state index is 14.0. The van der Waals surface area contributed by atoms with E-state index in [0.717, 1.165) is 27.7 Å². The molecule has 48 heavy (non-hydrogen) atoms. The second-order valence-corrected chi connectivity index (χ2v) is 11.6. The van der Waals surface area contributed by atoms with Crippen LogP contribution in [-0.4, -0.2) is 38.6 Å². The Morgan fingerprint density at radius 2 is 1.67 bits per heavy atom. The number of hydrogen-bond donors (Lipinski definition) is 1. The fourth-order valence-corrected chi connectivity index (χ4v) is 5.86. The summed E-state index contributed by atoms with van der Waals surface area (Å²) in [5, 5.41) is 22.4. The van der Waals surface area contributed by atoms with Gasteiger partial charge >= 0.3 is 0 Å². The largest absolute Gasteiger partial charge is 0.497 e. The van der Waals surface area contributed by atoms with Crippen LogP contribution in [0.25, 0.3) is 22.2 Å². The number of nitrogens with zero attached hydrogens (tertiary/aromatic N) is 5. The highest BCUT2D eigenvalue weighted by atomic mass is 35.5. The summed E-state index contributed by atoms with van der Waals surface area (Å²) >= 11 is 6.31. The number of hydrazone groups is 1. The number of halogens is 1. The van der Waals surface area contributed by atoms with Gasteiger partial charge in [0.05, 0.1) is 35.0 Å². The molecule has 0 bridgehead atoms. The van der Waals surface area contributed by atoms with Gasteiger partial charge in [0.25, 0.3) is 11.6 Å². The van der Waals surface area contributed by atoms with Crippen LogP contribution in [0.15, 0.2) is 126 Å². The van der Waals surface area contributed by atoms with Gasteiger partial charge in [-0.25, -0.2) is 15.0 Å². The zero-order valence-corrected chi connectivity index (χ0v) is 26.3. The predicted molar refractivity (Wildman–Crippen MR) is 186 cm³/mol. The molecule has 5 aromatic carbocycles. The molecule has 0 unspecified atom stereocenters. The number of anilines is 2. The van der Waals surface area contributed by atoms with Gasteiger partial charge in [0, 0.05) is 45.8 Å². The molecule has 11 heteroatoms. The molecule has 2 heterocycles. The Balaban J connectivity index is 1.18. The van der Waals surface area contributed by atoms with Gasteiger partial charge in [0.15, 0.2) is 0 Å². The van der Waals surface area contributed by atoms with E-state index in [2.05, 4.69) is 5.32 Å². The van der Waals surface area contributed by atoms with Crippen molar-refractivity contribution < 1.29 is 14.5 Å². The SMILES string of the molecule is COc1ccc(C2=NN(C(=O)c3ccc(Nc4nc(-c5ccccc5)c5cc(Cl)ccc5n4)cc3)[C@H](c3cccc([N+](=O)[O-])c3)C2)cc1. The van der Waals surface area contributed by atoms with Gasteiger partial charge in [-0.2, -0.15) is 5.10 Å². The van der Waals surface area contributed by atoms with Crippen LogP contribution in [0.4, 0.5) is 17.3 Å². The monoisotopic (exact) mass is 654 g/mol. The first-order chi connectivity index (χ1) is 23.4. The third-order valence-corrected chi connectivity index (χ3v) is 8.34. The average molecular weight is 655 g/mol. The van der Waals surface area contributed by atoms with Gasteiger partial charge in [0.1, 0.15) is 5.75 Å². The molecule has 0 saturated carbocycles. The number of methoxy groups -OCH3 is 1. The van der Waals surface area contributed by atoms with Gasteiger partial charge in [-0.15, -0.1) is 0 Å². The highest BCUT2D eigenvalue weighted by Crippen LogP contribution is 2.36. The van der Waals surface area contributed by atoms with Crippen LogP contribution in [0.1, 0.15) is 33.9 Å². The van der Waals surface area contributed by atoms with E-state index in [4.69, 9.17) is 31.4 Å². The Kier molecular flexibility index (Phi) is 8.22. The molecule has 1 amide bonds. The minimum absolute atomic E-state index is 0.0531. The van der Waals surface area contributed by atoms with Crippen LogP contribution in [0.3, 0.4) is 0 Å². The van der Waals surface area contributed by atoms with Crippen molar-refractivity contribution in [3.63, 3.8) is 0 Å². The molecule has 1 atom stereocenters. The number of nitro benzene ring substituents is 1. The molecule has 0 radical (unpaired) electrons. The summed E-state index contributed by atoms with van der Waals surface area (Å²) in [4.78, 5) is 34.6. The quantitative estimate of drug-likeness (QED) is 0.129. The molecular formula is C37H27ClN6O4. The molecule has 1 aliphatic rings. The maximum Gasteiger partial charge on any atom is 0.274 e. The average Bonchev–Trinajstić information content (AvgIpc) is 3.58. The number of rotatable bonds is 8. The van der Waals surface area contributed by atoms with Crippen molar-refractivity contribution >= 4 is 51.4 Å². The van der Waals surface area contributed by atoms with Crippen molar-refractivity contribution in [2.24, 2.45) is 5.10 Å². The van der Waals surface area contributed by atoms with Crippen molar-refractivity contribution in [1.82, 2.24) is 15.0 Å². The molecule has 10 nitrogen and oxygen atoms in total. The number of fused-ring (bicyclic) bond motifs is 1. The molecule has 1 aromatic heterocycles. The Morgan fingerprint density at radius 3 is 2.40 bits per heavy atom. The summed E-state index contributed by atoms with van der Waals surface area (Å²) in [6.07, 6.45) is 0.382. The Hall–Kier alpha value is -6.13. The number of nitrogens with one attached hydrogen (secondary N) is 1. The standard InChI is InChI=1S/C37H27ClN6O4/c1-48-30-17-12-23(13-18-30)33-22-34(26-8-5-9-29(20-26)44(46)47)43(42-33)36(45)25-10-15-28(16-11-25)39-37-40-32-19-14-27(38)21-31(32)35(41-37)24-6-3-2-4-7-24/h2-21,34H,22H2,1H3,(H,39,40,41)/t34-/m0/s1. The van der Waals surface area contributed by atoms with Crippen molar-refractivity contribution in [1.29, 1.82) is 0 Å². The first-order valence-corrected chi connectivity index (χ1v) is 15.4. The number of nitro groups is 1. The third kappa shape index (κ3) is 6.16. The van der Waals surface area contributed by atoms with Crippen LogP contribution in [0.2, 0.25) is 5.02 Å². The fourth-order valence-electron chi connectivity index (χ4n) is 5.69. The second-order valence-electron chi connectivity index (χ2n) is 11.1. The smallest absolute Gasteiger partial charge is 0.274 e. The van der Waals surface area contributed by atoms with Crippen molar-refractivity contribution in [2.75, 3.05) is 12.4 Å². The van der Waals surface area contributed by atoms with E-state index in [1.54, 1.807) is 49.6 Å². The molecule has 6 aromatic rings. The van der Waals surface area contributed by atoms with Crippen molar-refractivity contribution in [3.05, 3.63) is 153 Å².